The summed E-state index contributed by atoms with van der Waals surface area (Å²) in [5, 5.41) is 5.08. The number of carbonyl (C=O) groups excluding carboxylic acids is 1. The number of nitrogens with one attached hydrogen (secondary N) is 1. The van der Waals surface area contributed by atoms with Crippen molar-refractivity contribution in [3.8, 4) is 10.6 Å². The van der Waals surface area contributed by atoms with E-state index in [0.29, 0.717) is 0 Å². The van der Waals surface area contributed by atoms with Gasteiger partial charge in [0.15, 0.2) is 0 Å². The van der Waals surface area contributed by atoms with Gasteiger partial charge in [-0.05, 0) is 13.0 Å². The molecule has 2 aromatic carbocycles. The molecule has 1 amide bonds. The summed E-state index contributed by atoms with van der Waals surface area (Å²) >= 11 is 1.36. The minimum absolute atomic E-state index is 0.225. The zero-order valence-corrected chi connectivity index (χ0v) is 13.6. The van der Waals surface area contributed by atoms with E-state index in [1.165, 1.54) is 17.4 Å². The lowest BCUT2D eigenvalue weighted by molar-refractivity contribution is 0.0935. The van der Waals surface area contributed by atoms with Crippen molar-refractivity contribution in [1.82, 2.24) is 10.3 Å². The average Bonchev–Trinajstić information content (AvgIpc) is 3.05. The lowest BCUT2D eigenvalue weighted by atomic mass is 10.1. The molecule has 0 bridgehead atoms. The molecule has 0 saturated carbocycles. The summed E-state index contributed by atoms with van der Waals surface area (Å²) in [5.74, 6) is -1.74. The van der Waals surface area contributed by atoms with Crippen LogP contribution in [0.15, 0.2) is 53.9 Å². The SMILES string of the molecule is C[C@@H](NC(=O)c1csc(-c2ccccc2)n1)c1ccc(F)cc1F. The summed E-state index contributed by atoms with van der Waals surface area (Å²) < 4.78 is 26.7. The predicted octanol–water partition coefficient (Wildman–Crippen LogP) is 4.58. The minimum atomic E-state index is -0.689. The van der Waals surface area contributed by atoms with Crippen LogP contribution in [-0.2, 0) is 0 Å². The Bertz CT molecular complexity index is 864. The summed E-state index contributed by atoms with van der Waals surface area (Å²) in [6.07, 6.45) is 0. The quantitative estimate of drug-likeness (QED) is 0.753. The Morgan fingerprint density at radius 3 is 2.62 bits per heavy atom. The van der Waals surface area contributed by atoms with Gasteiger partial charge in [-0.1, -0.05) is 36.4 Å². The Morgan fingerprint density at radius 2 is 1.92 bits per heavy atom. The Labute approximate surface area is 142 Å². The van der Waals surface area contributed by atoms with Crippen LogP contribution in [-0.4, -0.2) is 10.9 Å². The summed E-state index contributed by atoms with van der Waals surface area (Å²) in [5.41, 5.74) is 1.43. The van der Waals surface area contributed by atoms with Gasteiger partial charge in [-0.15, -0.1) is 11.3 Å². The molecule has 0 aliphatic heterocycles. The van der Waals surface area contributed by atoms with Crippen molar-refractivity contribution in [3.63, 3.8) is 0 Å². The summed E-state index contributed by atoms with van der Waals surface area (Å²) in [7, 11) is 0. The van der Waals surface area contributed by atoms with E-state index in [9.17, 15) is 13.6 Å². The molecule has 1 N–H and O–H groups in total. The minimum Gasteiger partial charge on any atom is -0.344 e. The van der Waals surface area contributed by atoms with Crippen molar-refractivity contribution in [2.24, 2.45) is 0 Å². The van der Waals surface area contributed by atoms with Crippen molar-refractivity contribution < 1.29 is 13.6 Å². The van der Waals surface area contributed by atoms with Crippen molar-refractivity contribution in [3.05, 3.63) is 76.8 Å². The van der Waals surface area contributed by atoms with Crippen molar-refractivity contribution >= 4 is 17.2 Å². The van der Waals surface area contributed by atoms with E-state index >= 15 is 0 Å². The molecule has 0 unspecified atom stereocenters. The zero-order valence-electron chi connectivity index (χ0n) is 12.8. The predicted molar refractivity (Wildman–Crippen MR) is 89.8 cm³/mol. The Morgan fingerprint density at radius 1 is 1.17 bits per heavy atom. The number of thiazole rings is 1. The fourth-order valence-electron chi connectivity index (χ4n) is 2.29. The molecule has 3 rings (SSSR count). The first-order chi connectivity index (χ1) is 11.5. The molecule has 6 heteroatoms. The van der Waals surface area contributed by atoms with Crippen LogP contribution in [0.5, 0.6) is 0 Å². The van der Waals surface area contributed by atoms with Crippen LogP contribution < -0.4 is 5.32 Å². The van der Waals surface area contributed by atoms with E-state index in [-0.39, 0.29) is 11.3 Å². The molecule has 3 aromatic rings. The number of carbonyl (C=O) groups is 1. The Hall–Kier alpha value is -2.60. The largest absolute Gasteiger partial charge is 0.344 e. The molecule has 0 fully saturated rings. The van der Waals surface area contributed by atoms with Crippen LogP contribution in [0.4, 0.5) is 8.78 Å². The highest BCUT2D eigenvalue weighted by atomic mass is 32.1. The van der Waals surface area contributed by atoms with Gasteiger partial charge in [0.1, 0.15) is 22.3 Å². The summed E-state index contributed by atoms with van der Waals surface area (Å²) in [6.45, 7) is 1.64. The lowest BCUT2D eigenvalue weighted by Gasteiger charge is -2.14. The van der Waals surface area contributed by atoms with Crippen molar-refractivity contribution in [2.45, 2.75) is 13.0 Å². The fourth-order valence-corrected chi connectivity index (χ4v) is 3.10. The number of hydrogen-bond donors (Lipinski definition) is 1. The lowest BCUT2D eigenvalue weighted by Crippen LogP contribution is -2.27. The third-order valence-electron chi connectivity index (χ3n) is 3.53. The third-order valence-corrected chi connectivity index (χ3v) is 4.43. The normalized spacial score (nSPS) is 12.0. The number of benzene rings is 2. The highest BCUT2D eigenvalue weighted by Crippen LogP contribution is 2.24. The second-order valence-corrected chi connectivity index (χ2v) is 6.12. The second kappa shape index (κ2) is 6.88. The molecule has 3 nitrogen and oxygen atoms in total. The maximum absolute atomic E-state index is 13.8. The fraction of sp³-hybridized carbons (Fsp3) is 0.111. The highest BCUT2D eigenvalue weighted by molar-refractivity contribution is 7.13. The van der Waals surface area contributed by atoms with Gasteiger partial charge in [-0.3, -0.25) is 4.79 Å². The molecule has 0 aliphatic carbocycles. The number of hydrogen-bond acceptors (Lipinski definition) is 3. The Balaban J connectivity index is 1.74. The highest BCUT2D eigenvalue weighted by Gasteiger charge is 2.17. The number of rotatable bonds is 4. The van der Waals surface area contributed by atoms with E-state index in [4.69, 9.17) is 0 Å². The third kappa shape index (κ3) is 3.49. The molecule has 0 radical (unpaired) electrons. The molecule has 0 spiro atoms. The van der Waals surface area contributed by atoms with Crippen LogP contribution in [0, 0.1) is 11.6 Å². The maximum atomic E-state index is 13.8. The first-order valence-corrected chi connectivity index (χ1v) is 8.19. The van der Waals surface area contributed by atoms with Crippen molar-refractivity contribution in [1.29, 1.82) is 0 Å². The molecule has 122 valence electrons. The molecule has 0 aliphatic rings. The molecule has 1 heterocycles. The number of aromatic nitrogens is 1. The topological polar surface area (TPSA) is 42.0 Å². The first kappa shape index (κ1) is 16.3. The van der Waals surface area contributed by atoms with Gasteiger partial charge in [-0.25, -0.2) is 13.8 Å². The summed E-state index contributed by atoms with van der Waals surface area (Å²) in [4.78, 5) is 16.6. The van der Waals surface area contributed by atoms with E-state index in [2.05, 4.69) is 10.3 Å². The second-order valence-electron chi connectivity index (χ2n) is 5.26. The van der Waals surface area contributed by atoms with Gasteiger partial charge in [0.2, 0.25) is 0 Å². The molecular weight excluding hydrogens is 330 g/mol. The van der Waals surface area contributed by atoms with Crippen LogP contribution in [0.2, 0.25) is 0 Å². The smallest absolute Gasteiger partial charge is 0.271 e. The van der Waals surface area contributed by atoms with Gasteiger partial charge >= 0.3 is 0 Å². The molecule has 24 heavy (non-hydrogen) atoms. The van der Waals surface area contributed by atoms with Crippen LogP contribution in [0.3, 0.4) is 0 Å². The van der Waals surface area contributed by atoms with Crippen LogP contribution in [0.25, 0.3) is 10.6 Å². The molecule has 1 aromatic heterocycles. The first-order valence-electron chi connectivity index (χ1n) is 7.31. The van der Waals surface area contributed by atoms with Crippen molar-refractivity contribution in [2.75, 3.05) is 0 Å². The van der Waals surface area contributed by atoms with Gasteiger partial charge in [0.05, 0.1) is 6.04 Å². The molecule has 0 saturated heterocycles. The number of halogens is 2. The maximum Gasteiger partial charge on any atom is 0.271 e. The van der Waals surface area contributed by atoms with Crippen LogP contribution in [0.1, 0.15) is 29.0 Å². The van der Waals surface area contributed by atoms with Gasteiger partial charge in [0.25, 0.3) is 5.91 Å². The zero-order chi connectivity index (χ0) is 17.1. The monoisotopic (exact) mass is 344 g/mol. The van der Waals surface area contributed by atoms with Gasteiger partial charge in [0, 0.05) is 22.6 Å². The Kier molecular flexibility index (Phi) is 4.66. The van der Waals surface area contributed by atoms with Gasteiger partial charge < -0.3 is 5.32 Å². The number of nitrogens with zero attached hydrogens (tertiary/aromatic N) is 1. The van der Waals surface area contributed by atoms with E-state index in [1.54, 1.807) is 12.3 Å². The standard InChI is InChI=1S/C18H14F2N2OS/c1-11(14-8-7-13(19)9-15(14)20)21-17(23)16-10-24-18(22-16)12-5-3-2-4-6-12/h2-11H,1H3,(H,21,23)/t11-/m1/s1. The van der Waals surface area contributed by atoms with Gasteiger partial charge in [-0.2, -0.15) is 0 Å². The van der Waals surface area contributed by atoms with E-state index in [1.807, 2.05) is 30.3 Å². The molecular formula is C18H14F2N2OS. The number of amides is 1. The summed E-state index contributed by atoms with van der Waals surface area (Å²) in [6, 6.07) is 12.2. The van der Waals surface area contributed by atoms with E-state index in [0.717, 1.165) is 22.7 Å². The van der Waals surface area contributed by atoms with E-state index < -0.39 is 23.6 Å². The molecule has 1 atom stereocenters. The van der Waals surface area contributed by atoms with Crippen LogP contribution >= 0.6 is 11.3 Å². The average molecular weight is 344 g/mol.